The molecule has 0 atom stereocenters. The van der Waals surface area contributed by atoms with Gasteiger partial charge in [-0.25, -0.2) is 9.50 Å². The van der Waals surface area contributed by atoms with Crippen molar-refractivity contribution in [2.24, 2.45) is 0 Å². The summed E-state index contributed by atoms with van der Waals surface area (Å²) in [6.45, 7) is 3.01. The number of benzene rings is 1. The van der Waals surface area contributed by atoms with Gasteiger partial charge in [-0.3, -0.25) is 4.79 Å². The number of hydrogen-bond donors (Lipinski definition) is 1. The molecule has 7 nitrogen and oxygen atoms in total. The number of morpholine rings is 1. The summed E-state index contributed by atoms with van der Waals surface area (Å²) in [7, 11) is 0. The summed E-state index contributed by atoms with van der Waals surface area (Å²) in [5.74, 6) is -0.216. The fourth-order valence-corrected chi connectivity index (χ4v) is 2.85. The molecule has 0 spiro atoms. The number of ether oxygens (including phenoxy) is 1. The van der Waals surface area contributed by atoms with E-state index in [1.165, 1.54) is 4.52 Å². The number of para-hydroxylation sites is 2. The molecule has 0 bridgehead atoms. The van der Waals surface area contributed by atoms with E-state index in [-0.39, 0.29) is 5.91 Å². The van der Waals surface area contributed by atoms with Crippen molar-refractivity contribution >= 4 is 22.9 Å². The Bertz CT molecular complexity index is 870. The SMILES string of the molecule is O=C(Nc1ccccc1N1CCOCC1)c1ccnc2ccnn12. The number of hydrogen-bond acceptors (Lipinski definition) is 5. The number of anilines is 2. The Morgan fingerprint density at radius 1 is 1.08 bits per heavy atom. The zero-order valence-corrected chi connectivity index (χ0v) is 13.1. The number of fused-ring (bicyclic) bond motifs is 1. The molecule has 0 saturated carbocycles. The molecule has 0 aliphatic carbocycles. The molecule has 1 saturated heterocycles. The van der Waals surface area contributed by atoms with E-state index in [0.717, 1.165) is 24.5 Å². The Morgan fingerprint density at radius 3 is 2.79 bits per heavy atom. The van der Waals surface area contributed by atoms with Crippen LogP contribution in [0.5, 0.6) is 0 Å². The first kappa shape index (κ1) is 14.6. The number of nitrogens with one attached hydrogen (secondary N) is 1. The predicted molar refractivity (Wildman–Crippen MR) is 90.4 cm³/mol. The van der Waals surface area contributed by atoms with Gasteiger partial charge in [0, 0.05) is 25.4 Å². The van der Waals surface area contributed by atoms with E-state index in [0.29, 0.717) is 24.6 Å². The molecule has 0 radical (unpaired) electrons. The van der Waals surface area contributed by atoms with Crippen molar-refractivity contribution in [1.82, 2.24) is 14.6 Å². The molecule has 4 rings (SSSR count). The Labute approximate surface area is 138 Å². The second-order valence-corrected chi connectivity index (χ2v) is 5.50. The van der Waals surface area contributed by atoms with Crippen LogP contribution in [0, 0.1) is 0 Å². The summed E-state index contributed by atoms with van der Waals surface area (Å²) in [6.07, 6.45) is 3.24. The number of aromatic nitrogens is 3. The highest BCUT2D eigenvalue weighted by atomic mass is 16.5. The van der Waals surface area contributed by atoms with Gasteiger partial charge >= 0.3 is 0 Å². The Kier molecular flexibility index (Phi) is 3.84. The van der Waals surface area contributed by atoms with Gasteiger partial charge in [0.2, 0.25) is 0 Å². The van der Waals surface area contributed by atoms with E-state index >= 15 is 0 Å². The first-order valence-electron chi connectivity index (χ1n) is 7.85. The summed E-state index contributed by atoms with van der Waals surface area (Å²) in [4.78, 5) is 19.1. The van der Waals surface area contributed by atoms with Gasteiger partial charge in [0.25, 0.3) is 5.91 Å². The Morgan fingerprint density at radius 2 is 1.92 bits per heavy atom. The molecule has 3 heterocycles. The maximum absolute atomic E-state index is 12.7. The minimum absolute atomic E-state index is 0.216. The van der Waals surface area contributed by atoms with E-state index in [1.807, 2.05) is 24.3 Å². The topological polar surface area (TPSA) is 71.8 Å². The minimum atomic E-state index is -0.216. The van der Waals surface area contributed by atoms with Crippen molar-refractivity contribution in [3.63, 3.8) is 0 Å². The normalized spacial score (nSPS) is 14.8. The van der Waals surface area contributed by atoms with Crippen molar-refractivity contribution in [1.29, 1.82) is 0 Å². The lowest BCUT2D eigenvalue weighted by Crippen LogP contribution is -2.36. The zero-order chi connectivity index (χ0) is 16.4. The highest BCUT2D eigenvalue weighted by Gasteiger charge is 2.17. The van der Waals surface area contributed by atoms with E-state index < -0.39 is 0 Å². The first-order chi connectivity index (χ1) is 11.8. The molecule has 1 fully saturated rings. The second kappa shape index (κ2) is 6.29. The molecular formula is C17H17N5O2. The third-order valence-corrected chi connectivity index (χ3v) is 4.03. The van der Waals surface area contributed by atoms with Gasteiger partial charge in [0.15, 0.2) is 5.65 Å². The molecule has 24 heavy (non-hydrogen) atoms. The molecular weight excluding hydrogens is 306 g/mol. The van der Waals surface area contributed by atoms with E-state index in [2.05, 4.69) is 20.3 Å². The number of carbonyl (C=O) groups excluding carboxylic acids is 1. The fourth-order valence-electron chi connectivity index (χ4n) is 2.85. The number of amides is 1. The molecule has 1 N–H and O–H groups in total. The van der Waals surface area contributed by atoms with Crippen LogP contribution in [0.1, 0.15) is 10.5 Å². The van der Waals surface area contributed by atoms with Crippen LogP contribution in [-0.4, -0.2) is 46.8 Å². The van der Waals surface area contributed by atoms with Gasteiger partial charge in [-0.2, -0.15) is 5.10 Å². The first-order valence-corrected chi connectivity index (χ1v) is 7.85. The van der Waals surface area contributed by atoms with Gasteiger partial charge in [-0.15, -0.1) is 0 Å². The van der Waals surface area contributed by atoms with Gasteiger partial charge in [0.1, 0.15) is 5.69 Å². The summed E-state index contributed by atoms with van der Waals surface area (Å²) in [6, 6.07) is 11.2. The van der Waals surface area contributed by atoms with Crippen LogP contribution in [0.3, 0.4) is 0 Å². The number of rotatable bonds is 3. The average Bonchev–Trinajstić information content (AvgIpc) is 3.11. The van der Waals surface area contributed by atoms with Crippen LogP contribution in [0.25, 0.3) is 5.65 Å². The van der Waals surface area contributed by atoms with Crippen LogP contribution >= 0.6 is 0 Å². The van der Waals surface area contributed by atoms with Crippen molar-refractivity contribution in [2.75, 3.05) is 36.5 Å². The zero-order valence-electron chi connectivity index (χ0n) is 13.1. The van der Waals surface area contributed by atoms with Gasteiger partial charge in [0.05, 0.1) is 30.8 Å². The quantitative estimate of drug-likeness (QED) is 0.796. The standard InChI is InChI=1S/C17H17N5O2/c23-17(15-5-7-18-16-6-8-19-22(15)16)20-13-3-1-2-4-14(13)21-9-11-24-12-10-21/h1-8H,9-12H2,(H,20,23). The van der Waals surface area contributed by atoms with Crippen LogP contribution < -0.4 is 10.2 Å². The molecule has 0 unspecified atom stereocenters. The van der Waals surface area contributed by atoms with Gasteiger partial charge in [-0.1, -0.05) is 12.1 Å². The number of carbonyl (C=O) groups is 1. The van der Waals surface area contributed by atoms with Gasteiger partial charge in [-0.05, 0) is 18.2 Å². The predicted octanol–water partition coefficient (Wildman–Crippen LogP) is 1.82. The van der Waals surface area contributed by atoms with Crippen molar-refractivity contribution in [3.8, 4) is 0 Å². The molecule has 1 aliphatic heterocycles. The van der Waals surface area contributed by atoms with Crippen LogP contribution in [-0.2, 0) is 4.74 Å². The molecule has 3 aromatic rings. The smallest absolute Gasteiger partial charge is 0.274 e. The maximum Gasteiger partial charge on any atom is 0.274 e. The lowest BCUT2D eigenvalue weighted by Gasteiger charge is -2.30. The third kappa shape index (κ3) is 2.69. The van der Waals surface area contributed by atoms with Crippen molar-refractivity contribution in [2.45, 2.75) is 0 Å². The van der Waals surface area contributed by atoms with Crippen LogP contribution in [0.2, 0.25) is 0 Å². The summed E-state index contributed by atoms with van der Waals surface area (Å²) in [5, 5.41) is 7.16. The van der Waals surface area contributed by atoms with Crippen LogP contribution in [0.15, 0.2) is 48.8 Å². The minimum Gasteiger partial charge on any atom is -0.378 e. The lowest BCUT2D eigenvalue weighted by molar-refractivity contribution is 0.102. The molecule has 7 heteroatoms. The van der Waals surface area contributed by atoms with E-state index in [4.69, 9.17) is 4.74 Å². The largest absolute Gasteiger partial charge is 0.378 e. The molecule has 1 amide bonds. The average molecular weight is 323 g/mol. The van der Waals surface area contributed by atoms with Crippen molar-refractivity contribution in [3.05, 3.63) is 54.5 Å². The molecule has 1 aliphatic rings. The molecule has 1 aromatic carbocycles. The molecule has 2 aromatic heterocycles. The fraction of sp³-hybridized carbons (Fsp3) is 0.235. The summed E-state index contributed by atoms with van der Waals surface area (Å²) < 4.78 is 6.94. The van der Waals surface area contributed by atoms with E-state index in [1.54, 1.807) is 24.5 Å². The maximum atomic E-state index is 12.7. The molecule has 122 valence electrons. The van der Waals surface area contributed by atoms with Crippen LogP contribution in [0.4, 0.5) is 11.4 Å². The Hall–Kier alpha value is -2.93. The second-order valence-electron chi connectivity index (χ2n) is 5.50. The summed E-state index contributed by atoms with van der Waals surface area (Å²) >= 11 is 0. The highest BCUT2D eigenvalue weighted by molar-refractivity contribution is 6.05. The third-order valence-electron chi connectivity index (χ3n) is 4.03. The summed E-state index contributed by atoms with van der Waals surface area (Å²) in [5.41, 5.74) is 2.87. The highest BCUT2D eigenvalue weighted by Crippen LogP contribution is 2.26. The monoisotopic (exact) mass is 323 g/mol. The van der Waals surface area contributed by atoms with Crippen molar-refractivity contribution < 1.29 is 9.53 Å². The number of nitrogens with zero attached hydrogens (tertiary/aromatic N) is 4. The Balaban J connectivity index is 1.63. The lowest BCUT2D eigenvalue weighted by atomic mass is 10.2. The van der Waals surface area contributed by atoms with Gasteiger partial charge < -0.3 is 15.0 Å². The van der Waals surface area contributed by atoms with E-state index in [9.17, 15) is 4.79 Å².